The summed E-state index contributed by atoms with van der Waals surface area (Å²) in [5, 5.41) is 8.32. The normalized spacial score (nSPS) is 12.4. The molecule has 1 N–H and O–H groups in total. The first kappa shape index (κ1) is 12.1. The molecule has 82 valence electrons. The first-order valence-corrected chi connectivity index (χ1v) is 5.87. The highest BCUT2D eigenvalue weighted by Gasteiger charge is 2.11. The van der Waals surface area contributed by atoms with Gasteiger partial charge in [-0.25, -0.2) is 4.39 Å². The Bertz CT molecular complexity index is 408. The van der Waals surface area contributed by atoms with Crippen LogP contribution in [0.3, 0.4) is 0 Å². The molecule has 1 atom stereocenters. The predicted molar refractivity (Wildman–Crippen MR) is 55.8 cm³/mol. The van der Waals surface area contributed by atoms with Gasteiger partial charge in [-0.1, -0.05) is 23.7 Å². The van der Waals surface area contributed by atoms with Gasteiger partial charge in [0.25, 0.3) is 0 Å². The zero-order valence-corrected chi connectivity index (χ0v) is 9.15. The van der Waals surface area contributed by atoms with Gasteiger partial charge in [-0.3, -0.25) is 9.00 Å². The number of aliphatic carboxylic acids is 1. The molecule has 0 heterocycles. The molecule has 0 saturated carbocycles. The van der Waals surface area contributed by atoms with Crippen LogP contribution in [-0.4, -0.2) is 21.0 Å². The standard InChI is InChI=1S/C9H8ClFO3S/c10-7-3-1-2-6(9(7)11)4-15(14)5-8(12)13/h1-3H,4-5H2,(H,12,13). The Morgan fingerprint density at radius 3 is 2.80 bits per heavy atom. The SMILES string of the molecule is O=C(O)CS(=O)Cc1cccc(Cl)c1F. The van der Waals surface area contributed by atoms with Gasteiger partial charge in [0, 0.05) is 16.4 Å². The summed E-state index contributed by atoms with van der Waals surface area (Å²) >= 11 is 5.51. The van der Waals surface area contributed by atoms with Crippen molar-refractivity contribution in [3.63, 3.8) is 0 Å². The summed E-state index contributed by atoms with van der Waals surface area (Å²) in [5.41, 5.74) is 0.169. The molecule has 0 aromatic heterocycles. The quantitative estimate of drug-likeness (QED) is 0.887. The van der Waals surface area contributed by atoms with Crippen LogP contribution in [0.25, 0.3) is 0 Å². The molecule has 1 aromatic rings. The van der Waals surface area contributed by atoms with Crippen LogP contribution in [0, 0.1) is 5.82 Å². The van der Waals surface area contributed by atoms with E-state index in [0.29, 0.717) is 0 Å². The molecule has 0 aliphatic carbocycles. The number of carbonyl (C=O) groups is 1. The van der Waals surface area contributed by atoms with Crippen molar-refractivity contribution in [2.45, 2.75) is 5.75 Å². The summed E-state index contributed by atoms with van der Waals surface area (Å²) < 4.78 is 24.5. The van der Waals surface area contributed by atoms with E-state index in [1.807, 2.05) is 0 Å². The van der Waals surface area contributed by atoms with Gasteiger partial charge in [-0.2, -0.15) is 0 Å². The van der Waals surface area contributed by atoms with Crippen molar-refractivity contribution in [2.75, 3.05) is 5.75 Å². The van der Waals surface area contributed by atoms with E-state index in [-0.39, 0.29) is 16.3 Å². The second-order valence-corrected chi connectivity index (χ2v) is 4.70. The van der Waals surface area contributed by atoms with Crippen molar-refractivity contribution in [3.8, 4) is 0 Å². The Morgan fingerprint density at radius 2 is 2.20 bits per heavy atom. The molecule has 3 nitrogen and oxygen atoms in total. The maximum atomic E-state index is 13.3. The van der Waals surface area contributed by atoms with Crippen molar-refractivity contribution in [2.24, 2.45) is 0 Å². The number of rotatable bonds is 4. The highest BCUT2D eigenvalue weighted by Crippen LogP contribution is 2.18. The second-order valence-electron chi connectivity index (χ2n) is 2.84. The molecular formula is C9H8ClFO3S. The minimum absolute atomic E-state index is 0.0557. The summed E-state index contributed by atoms with van der Waals surface area (Å²) in [6, 6.07) is 4.33. The van der Waals surface area contributed by atoms with Crippen LogP contribution in [0.2, 0.25) is 5.02 Å². The maximum absolute atomic E-state index is 13.3. The van der Waals surface area contributed by atoms with E-state index in [9.17, 15) is 13.4 Å². The first-order chi connectivity index (χ1) is 7.00. The van der Waals surface area contributed by atoms with Gasteiger partial charge in [0.05, 0.1) is 10.8 Å². The van der Waals surface area contributed by atoms with Crippen LogP contribution in [0.4, 0.5) is 4.39 Å². The minimum Gasteiger partial charge on any atom is -0.481 e. The smallest absolute Gasteiger partial charge is 0.316 e. The lowest BCUT2D eigenvalue weighted by molar-refractivity contribution is -0.133. The van der Waals surface area contributed by atoms with E-state index in [2.05, 4.69) is 0 Å². The van der Waals surface area contributed by atoms with E-state index in [0.717, 1.165) is 0 Å². The Labute approximate surface area is 93.3 Å². The fourth-order valence-electron chi connectivity index (χ4n) is 1.02. The van der Waals surface area contributed by atoms with E-state index in [4.69, 9.17) is 16.7 Å². The molecule has 0 aliphatic heterocycles. The molecule has 0 aliphatic rings. The number of benzene rings is 1. The molecule has 1 aromatic carbocycles. The highest BCUT2D eigenvalue weighted by molar-refractivity contribution is 7.84. The van der Waals surface area contributed by atoms with Crippen molar-refractivity contribution in [3.05, 3.63) is 34.6 Å². The fourth-order valence-corrected chi connectivity index (χ4v) is 2.16. The number of carboxylic acids is 1. The minimum atomic E-state index is -1.62. The lowest BCUT2D eigenvalue weighted by Gasteiger charge is -2.03. The summed E-state index contributed by atoms with van der Waals surface area (Å²) in [5.74, 6) is -2.45. The monoisotopic (exact) mass is 250 g/mol. The Hall–Kier alpha value is -0.940. The number of carboxylic acid groups (broad SMARTS) is 1. The van der Waals surface area contributed by atoms with Crippen molar-refractivity contribution >= 4 is 28.4 Å². The highest BCUT2D eigenvalue weighted by atomic mass is 35.5. The van der Waals surface area contributed by atoms with E-state index < -0.39 is 28.3 Å². The molecule has 0 spiro atoms. The molecule has 1 rings (SSSR count). The van der Waals surface area contributed by atoms with Crippen LogP contribution in [0.5, 0.6) is 0 Å². The molecule has 0 radical (unpaired) electrons. The number of hydrogen-bond donors (Lipinski definition) is 1. The van der Waals surface area contributed by atoms with Gasteiger partial charge in [0.2, 0.25) is 0 Å². The molecule has 0 fully saturated rings. The number of hydrogen-bond acceptors (Lipinski definition) is 2. The van der Waals surface area contributed by atoms with Crippen LogP contribution >= 0.6 is 11.6 Å². The van der Waals surface area contributed by atoms with E-state index in [1.165, 1.54) is 18.2 Å². The van der Waals surface area contributed by atoms with Gasteiger partial charge in [-0.05, 0) is 6.07 Å². The summed E-state index contributed by atoms with van der Waals surface area (Å²) in [6.45, 7) is 0. The van der Waals surface area contributed by atoms with Gasteiger partial charge >= 0.3 is 5.97 Å². The van der Waals surface area contributed by atoms with Gasteiger partial charge in [-0.15, -0.1) is 0 Å². The van der Waals surface area contributed by atoms with Crippen molar-refractivity contribution in [1.29, 1.82) is 0 Å². The molecule has 1 unspecified atom stereocenters. The molecule has 0 saturated heterocycles. The number of halogens is 2. The Balaban J connectivity index is 2.77. The fraction of sp³-hybridized carbons (Fsp3) is 0.222. The van der Waals surface area contributed by atoms with E-state index in [1.54, 1.807) is 0 Å². The van der Waals surface area contributed by atoms with Crippen LogP contribution in [0.1, 0.15) is 5.56 Å². The lowest BCUT2D eigenvalue weighted by atomic mass is 10.2. The molecular weight excluding hydrogens is 243 g/mol. The Kier molecular flexibility index (Phi) is 4.23. The van der Waals surface area contributed by atoms with Crippen LogP contribution < -0.4 is 0 Å². The van der Waals surface area contributed by atoms with E-state index >= 15 is 0 Å². The third-order valence-corrected chi connectivity index (χ3v) is 3.13. The average Bonchev–Trinajstić information content (AvgIpc) is 2.11. The third kappa shape index (κ3) is 3.60. The first-order valence-electron chi connectivity index (χ1n) is 4.00. The topological polar surface area (TPSA) is 54.4 Å². The largest absolute Gasteiger partial charge is 0.481 e. The summed E-state index contributed by atoms with van der Waals surface area (Å²) in [7, 11) is -1.62. The predicted octanol–water partition coefficient (Wildman–Crippen LogP) is 1.81. The second kappa shape index (κ2) is 5.23. The van der Waals surface area contributed by atoms with Crippen molar-refractivity contribution < 1.29 is 18.5 Å². The maximum Gasteiger partial charge on any atom is 0.316 e. The van der Waals surface area contributed by atoms with Gasteiger partial charge < -0.3 is 5.11 Å². The zero-order valence-electron chi connectivity index (χ0n) is 7.57. The molecule has 0 amide bonds. The lowest BCUT2D eigenvalue weighted by Crippen LogP contribution is -2.11. The van der Waals surface area contributed by atoms with Gasteiger partial charge in [0.1, 0.15) is 11.6 Å². The summed E-state index contributed by atoms with van der Waals surface area (Å²) in [6.07, 6.45) is 0. The van der Waals surface area contributed by atoms with Crippen molar-refractivity contribution in [1.82, 2.24) is 0 Å². The molecule has 0 bridgehead atoms. The average molecular weight is 251 g/mol. The third-order valence-electron chi connectivity index (χ3n) is 1.63. The van der Waals surface area contributed by atoms with Crippen LogP contribution in [0.15, 0.2) is 18.2 Å². The summed E-state index contributed by atoms with van der Waals surface area (Å²) in [4.78, 5) is 10.2. The molecule has 15 heavy (non-hydrogen) atoms. The van der Waals surface area contributed by atoms with Crippen LogP contribution in [-0.2, 0) is 21.3 Å². The Morgan fingerprint density at radius 1 is 1.53 bits per heavy atom. The molecule has 6 heteroatoms. The zero-order chi connectivity index (χ0) is 11.4. The van der Waals surface area contributed by atoms with Gasteiger partial charge in [0.15, 0.2) is 0 Å².